The van der Waals surface area contributed by atoms with Crippen LogP contribution in [-0.2, 0) is 4.98 Å². The molecule has 0 amide bonds. The maximum atomic E-state index is 2.15. The zero-order valence-electron chi connectivity index (χ0n) is 4.67. The van der Waals surface area contributed by atoms with Gasteiger partial charge in [-0.15, -0.1) is 0 Å². The third-order valence-electron chi connectivity index (χ3n) is 1.08. The van der Waals surface area contributed by atoms with Crippen molar-refractivity contribution in [3.8, 4) is 0 Å². The molecule has 0 saturated carbocycles. The molecule has 0 fully saturated rings. The molecule has 0 aliphatic heterocycles. The van der Waals surface area contributed by atoms with Crippen LogP contribution in [0.15, 0.2) is 30.3 Å². The van der Waals surface area contributed by atoms with E-state index in [2.05, 4.69) is 24.3 Å². The summed E-state index contributed by atoms with van der Waals surface area (Å²) >= 11 is 1.76. The molecule has 0 saturated heterocycles. The molecule has 0 nitrogen and oxygen atoms in total. The van der Waals surface area contributed by atoms with E-state index in [9.17, 15) is 0 Å². The van der Waals surface area contributed by atoms with Crippen LogP contribution < -0.4 is 0 Å². The Morgan fingerprint density at radius 2 is 1.75 bits per heavy atom. The van der Waals surface area contributed by atoms with Gasteiger partial charge >= 0.3 is 59.5 Å². The number of hydrogen-bond donors (Lipinski definition) is 0. The van der Waals surface area contributed by atoms with Crippen molar-refractivity contribution in [2.24, 2.45) is 0 Å². The van der Waals surface area contributed by atoms with Gasteiger partial charge in [-0.2, -0.15) is 0 Å². The summed E-state index contributed by atoms with van der Waals surface area (Å²) in [7, 11) is 0. The van der Waals surface area contributed by atoms with Crippen LogP contribution in [0.3, 0.4) is 0 Å². The molecule has 1 rings (SSSR count). The quantitative estimate of drug-likeness (QED) is 0.545. The first-order valence-electron chi connectivity index (χ1n) is 2.67. The molecule has 8 heavy (non-hydrogen) atoms. The van der Waals surface area contributed by atoms with Gasteiger partial charge in [-0.05, 0) is 0 Å². The molecule has 0 N–H and O–H groups in total. The molecule has 0 aromatic heterocycles. The van der Waals surface area contributed by atoms with E-state index < -0.39 is 0 Å². The predicted molar refractivity (Wildman–Crippen MR) is 35.9 cm³/mol. The summed E-state index contributed by atoms with van der Waals surface area (Å²) in [4.78, 5) is 1.20. The van der Waals surface area contributed by atoms with Gasteiger partial charge in [-0.1, -0.05) is 0 Å². The van der Waals surface area contributed by atoms with Crippen molar-refractivity contribution >= 4 is 18.6 Å². The van der Waals surface area contributed by atoms with E-state index in [1.165, 1.54) is 10.5 Å². The van der Waals surface area contributed by atoms with E-state index in [-0.39, 0.29) is 0 Å². The van der Waals surface area contributed by atoms with E-state index in [1.54, 1.807) is 18.6 Å². The number of rotatable bonds is 1. The van der Waals surface area contributed by atoms with Gasteiger partial charge in [-0.3, -0.25) is 0 Å². The van der Waals surface area contributed by atoms with E-state index in [1.807, 2.05) is 6.07 Å². The molecule has 0 heterocycles. The Kier molecular flexibility index (Phi) is 2.24. The molecule has 0 aliphatic carbocycles. The Labute approximate surface area is 59.8 Å². The normalized spacial score (nSPS) is 9.00. The van der Waals surface area contributed by atoms with Crippen molar-refractivity contribution in [1.82, 2.24) is 0 Å². The van der Waals surface area contributed by atoms with Crippen LogP contribution >= 0.6 is 0 Å². The summed E-state index contributed by atoms with van der Waals surface area (Å²) in [6, 6.07) is 10.5. The average Bonchev–Trinajstić information content (AvgIpc) is 1.90. The SMILES string of the molecule is [Ga][CH2]c1ccccc1. The van der Waals surface area contributed by atoms with Gasteiger partial charge in [0.1, 0.15) is 0 Å². The fraction of sp³-hybridized carbons (Fsp3) is 0.143. The predicted octanol–water partition coefficient (Wildman–Crippen LogP) is 1.36. The molecular weight excluding hydrogens is 154 g/mol. The molecule has 0 unspecified atom stereocenters. The summed E-state index contributed by atoms with van der Waals surface area (Å²) < 4.78 is 0. The van der Waals surface area contributed by atoms with Crippen LogP contribution in [0.4, 0.5) is 0 Å². The van der Waals surface area contributed by atoms with E-state index >= 15 is 0 Å². The van der Waals surface area contributed by atoms with Gasteiger partial charge in [0.2, 0.25) is 0 Å². The molecule has 2 radical (unpaired) electrons. The van der Waals surface area contributed by atoms with Gasteiger partial charge in [-0.25, -0.2) is 0 Å². The number of hydrogen-bond acceptors (Lipinski definition) is 0. The summed E-state index contributed by atoms with van der Waals surface area (Å²) in [6.07, 6.45) is 0. The third-order valence-corrected chi connectivity index (χ3v) is 2.07. The Bertz CT molecular complexity index is 146. The van der Waals surface area contributed by atoms with Gasteiger partial charge in [0.15, 0.2) is 0 Å². The monoisotopic (exact) mass is 160 g/mol. The molecule has 0 atom stereocenters. The molecule has 1 heteroatoms. The maximum absolute atomic E-state index is 2.15. The average molecular weight is 161 g/mol. The van der Waals surface area contributed by atoms with Gasteiger partial charge in [0.25, 0.3) is 0 Å². The second kappa shape index (κ2) is 3.00. The van der Waals surface area contributed by atoms with Crippen molar-refractivity contribution in [3.63, 3.8) is 0 Å². The van der Waals surface area contributed by atoms with Crippen LogP contribution in [0, 0.1) is 0 Å². The second-order valence-electron chi connectivity index (χ2n) is 1.69. The fourth-order valence-corrected chi connectivity index (χ4v) is 1.19. The Morgan fingerprint density at radius 3 is 2.12 bits per heavy atom. The van der Waals surface area contributed by atoms with Crippen LogP contribution in [0.25, 0.3) is 0 Å². The molecule has 1 aromatic carbocycles. The molecule has 0 spiro atoms. The summed E-state index contributed by atoms with van der Waals surface area (Å²) in [5.74, 6) is 0. The van der Waals surface area contributed by atoms with Gasteiger partial charge in [0.05, 0.1) is 0 Å². The van der Waals surface area contributed by atoms with Crippen molar-refractivity contribution in [3.05, 3.63) is 35.9 Å². The van der Waals surface area contributed by atoms with Crippen molar-refractivity contribution in [2.45, 2.75) is 4.98 Å². The van der Waals surface area contributed by atoms with Crippen molar-refractivity contribution in [2.75, 3.05) is 0 Å². The summed E-state index contributed by atoms with van der Waals surface area (Å²) in [5, 5.41) is 0. The second-order valence-corrected chi connectivity index (χ2v) is 2.55. The molecule has 1 aromatic rings. The standard InChI is InChI=1S/C7H7.Ga/c1-7-5-3-2-4-6-7;/h2-6H,1H2;. The summed E-state index contributed by atoms with van der Waals surface area (Å²) in [5.41, 5.74) is 1.44. The Balaban J connectivity index is 2.83. The molecule has 0 bridgehead atoms. The third kappa shape index (κ3) is 1.42. The Morgan fingerprint density at radius 1 is 1.12 bits per heavy atom. The minimum atomic E-state index is 1.20. The van der Waals surface area contributed by atoms with Crippen LogP contribution in [0.1, 0.15) is 5.56 Å². The van der Waals surface area contributed by atoms with Crippen LogP contribution in [-0.4, -0.2) is 18.6 Å². The Hall–Kier alpha value is -0.144. The van der Waals surface area contributed by atoms with Crippen LogP contribution in [0.5, 0.6) is 0 Å². The zero-order valence-corrected chi connectivity index (χ0v) is 7.09. The first-order chi connectivity index (χ1) is 3.93. The minimum absolute atomic E-state index is 1.20. The fourth-order valence-electron chi connectivity index (χ4n) is 0.614. The molecule has 38 valence electrons. The first kappa shape index (κ1) is 5.98. The topological polar surface area (TPSA) is 0 Å². The van der Waals surface area contributed by atoms with Crippen molar-refractivity contribution in [1.29, 1.82) is 0 Å². The van der Waals surface area contributed by atoms with E-state index in [0.29, 0.717) is 0 Å². The molecule has 0 aliphatic rings. The first-order valence-corrected chi connectivity index (χ1v) is 4.39. The van der Waals surface area contributed by atoms with Crippen molar-refractivity contribution < 1.29 is 0 Å². The van der Waals surface area contributed by atoms with Gasteiger partial charge < -0.3 is 0 Å². The zero-order chi connectivity index (χ0) is 5.82. The molecular formula is C7H7Ga. The van der Waals surface area contributed by atoms with E-state index in [0.717, 1.165) is 0 Å². The van der Waals surface area contributed by atoms with Gasteiger partial charge in [0, 0.05) is 0 Å². The van der Waals surface area contributed by atoms with Crippen LogP contribution in [0.2, 0.25) is 0 Å². The number of benzene rings is 1. The summed E-state index contributed by atoms with van der Waals surface area (Å²) in [6.45, 7) is 0. The van der Waals surface area contributed by atoms with E-state index in [4.69, 9.17) is 0 Å².